The molecule has 0 radical (unpaired) electrons. The minimum absolute atomic E-state index is 0.397. The fraction of sp³-hybridized carbons (Fsp3) is 0.286. The lowest BCUT2D eigenvalue weighted by Gasteiger charge is -2.15. The Hall–Kier alpha value is -1.90. The van der Waals surface area contributed by atoms with Gasteiger partial charge in [0.1, 0.15) is 0 Å². The lowest BCUT2D eigenvalue weighted by molar-refractivity contribution is 0.100. The zero-order valence-corrected chi connectivity index (χ0v) is 9.57. The lowest BCUT2D eigenvalue weighted by Crippen LogP contribution is -2.11. The van der Waals surface area contributed by atoms with Crippen LogP contribution in [0.2, 0.25) is 0 Å². The molecule has 3 rings (SSSR count). The summed E-state index contributed by atoms with van der Waals surface area (Å²) in [6.07, 6.45) is 4.63. The third kappa shape index (κ3) is 1.78. The van der Waals surface area contributed by atoms with Crippen molar-refractivity contribution < 1.29 is 4.79 Å². The van der Waals surface area contributed by atoms with Gasteiger partial charge in [-0.2, -0.15) is 0 Å². The van der Waals surface area contributed by atoms with Crippen molar-refractivity contribution >= 4 is 16.8 Å². The van der Waals surface area contributed by atoms with Gasteiger partial charge in [-0.1, -0.05) is 6.07 Å². The summed E-state index contributed by atoms with van der Waals surface area (Å²) in [5.41, 5.74) is 9.22. The van der Waals surface area contributed by atoms with Gasteiger partial charge in [-0.25, -0.2) is 0 Å². The molecule has 0 spiro atoms. The van der Waals surface area contributed by atoms with E-state index in [1.165, 1.54) is 24.1 Å². The number of aryl methyl sites for hydroxylation is 2. The quantitative estimate of drug-likeness (QED) is 0.810. The van der Waals surface area contributed by atoms with Crippen molar-refractivity contribution in [1.82, 2.24) is 4.98 Å². The summed E-state index contributed by atoms with van der Waals surface area (Å²) in [5.74, 6) is -0.397. The fourth-order valence-electron chi connectivity index (χ4n) is 2.44. The van der Waals surface area contributed by atoms with Crippen molar-refractivity contribution in [3.63, 3.8) is 0 Å². The van der Waals surface area contributed by atoms with Gasteiger partial charge < -0.3 is 5.73 Å². The second-order valence-corrected chi connectivity index (χ2v) is 4.57. The van der Waals surface area contributed by atoms with Gasteiger partial charge in [-0.3, -0.25) is 9.78 Å². The van der Waals surface area contributed by atoms with E-state index in [2.05, 4.69) is 11.1 Å². The SMILES string of the molecule is NC(=O)c1ccc2cc3c(nc2c1)CCCC3. The average Bonchev–Trinajstić information content (AvgIpc) is 2.35. The van der Waals surface area contributed by atoms with Gasteiger partial charge in [0, 0.05) is 16.6 Å². The highest BCUT2D eigenvalue weighted by Gasteiger charge is 2.12. The summed E-state index contributed by atoms with van der Waals surface area (Å²) in [7, 11) is 0. The first-order valence-electron chi connectivity index (χ1n) is 5.96. The van der Waals surface area contributed by atoms with E-state index in [1.54, 1.807) is 12.1 Å². The summed E-state index contributed by atoms with van der Waals surface area (Å²) in [6, 6.07) is 7.67. The van der Waals surface area contributed by atoms with Crippen LogP contribution in [0.1, 0.15) is 34.5 Å². The Morgan fingerprint density at radius 3 is 2.82 bits per heavy atom. The summed E-state index contributed by atoms with van der Waals surface area (Å²) in [5, 5.41) is 1.09. The molecular formula is C14H14N2O. The van der Waals surface area contributed by atoms with Crippen LogP contribution >= 0.6 is 0 Å². The Labute approximate surface area is 99.7 Å². The molecule has 1 aromatic carbocycles. The molecule has 0 saturated heterocycles. The van der Waals surface area contributed by atoms with Crippen molar-refractivity contribution in [2.45, 2.75) is 25.7 Å². The smallest absolute Gasteiger partial charge is 0.248 e. The Balaban J connectivity index is 2.20. The summed E-state index contributed by atoms with van der Waals surface area (Å²) < 4.78 is 0. The van der Waals surface area contributed by atoms with Gasteiger partial charge in [0.25, 0.3) is 0 Å². The second kappa shape index (κ2) is 3.84. The number of carbonyl (C=O) groups is 1. The highest BCUT2D eigenvalue weighted by molar-refractivity contribution is 5.96. The number of pyridine rings is 1. The predicted octanol–water partition coefficient (Wildman–Crippen LogP) is 2.21. The maximum absolute atomic E-state index is 11.1. The largest absolute Gasteiger partial charge is 0.366 e. The van der Waals surface area contributed by atoms with Crippen molar-refractivity contribution in [1.29, 1.82) is 0 Å². The summed E-state index contributed by atoms with van der Waals surface area (Å²) in [4.78, 5) is 15.8. The zero-order valence-electron chi connectivity index (χ0n) is 9.57. The second-order valence-electron chi connectivity index (χ2n) is 4.57. The van der Waals surface area contributed by atoms with Crippen molar-refractivity contribution in [2.24, 2.45) is 5.73 Å². The Morgan fingerprint density at radius 1 is 1.18 bits per heavy atom. The topological polar surface area (TPSA) is 56.0 Å². The number of benzene rings is 1. The first-order chi connectivity index (χ1) is 8.24. The number of nitrogens with two attached hydrogens (primary N) is 1. The number of rotatable bonds is 1. The Bertz CT molecular complexity index is 604. The highest BCUT2D eigenvalue weighted by atomic mass is 16.1. The van der Waals surface area contributed by atoms with Crippen LogP contribution in [0, 0.1) is 0 Å². The summed E-state index contributed by atoms with van der Waals surface area (Å²) in [6.45, 7) is 0. The van der Waals surface area contributed by atoms with E-state index in [1.807, 2.05) is 6.07 Å². The zero-order chi connectivity index (χ0) is 11.8. The average molecular weight is 226 g/mol. The monoisotopic (exact) mass is 226 g/mol. The summed E-state index contributed by atoms with van der Waals surface area (Å²) >= 11 is 0. The van der Waals surface area contributed by atoms with Gasteiger partial charge in [-0.15, -0.1) is 0 Å². The molecule has 86 valence electrons. The van der Waals surface area contributed by atoms with Gasteiger partial charge in [0.05, 0.1) is 5.52 Å². The molecule has 2 N–H and O–H groups in total. The van der Waals surface area contributed by atoms with Crippen LogP contribution in [0.25, 0.3) is 10.9 Å². The van der Waals surface area contributed by atoms with Crippen LogP contribution in [0.3, 0.4) is 0 Å². The molecule has 0 atom stereocenters. The predicted molar refractivity (Wildman–Crippen MR) is 66.9 cm³/mol. The lowest BCUT2D eigenvalue weighted by atomic mass is 9.94. The van der Waals surface area contributed by atoms with Crippen molar-refractivity contribution in [2.75, 3.05) is 0 Å². The van der Waals surface area contributed by atoms with Gasteiger partial charge in [0.2, 0.25) is 5.91 Å². The third-order valence-electron chi connectivity index (χ3n) is 3.38. The number of carbonyl (C=O) groups excluding carboxylic acids is 1. The molecule has 17 heavy (non-hydrogen) atoms. The van der Waals surface area contributed by atoms with Gasteiger partial charge >= 0.3 is 0 Å². The number of hydrogen-bond acceptors (Lipinski definition) is 2. The Morgan fingerprint density at radius 2 is 2.00 bits per heavy atom. The number of primary amides is 1. The van der Waals surface area contributed by atoms with Crippen LogP contribution in [-0.2, 0) is 12.8 Å². The Kier molecular flexibility index (Phi) is 2.32. The molecule has 1 aliphatic carbocycles. The van der Waals surface area contributed by atoms with E-state index < -0.39 is 5.91 Å². The van der Waals surface area contributed by atoms with E-state index in [0.29, 0.717) is 5.56 Å². The number of hydrogen-bond donors (Lipinski definition) is 1. The maximum Gasteiger partial charge on any atom is 0.248 e. The van der Waals surface area contributed by atoms with Crippen molar-refractivity contribution in [3.05, 3.63) is 41.1 Å². The van der Waals surface area contributed by atoms with E-state index in [0.717, 1.165) is 23.7 Å². The molecule has 2 aromatic rings. The molecule has 1 amide bonds. The maximum atomic E-state index is 11.1. The van der Waals surface area contributed by atoms with Gasteiger partial charge in [0.15, 0.2) is 0 Å². The normalized spacial score (nSPS) is 14.6. The van der Waals surface area contributed by atoms with Gasteiger partial charge in [-0.05, 0) is 49.4 Å². The third-order valence-corrected chi connectivity index (χ3v) is 3.38. The fourth-order valence-corrected chi connectivity index (χ4v) is 2.44. The minimum atomic E-state index is -0.397. The van der Waals surface area contributed by atoms with E-state index in [9.17, 15) is 4.79 Å². The highest BCUT2D eigenvalue weighted by Crippen LogP contribution is 2.24. The molecular weight excluding hydrogens is 212 g/mol. The number of aromatic nitrogens is 1. The van der Waals surface area contributed by atoms with E-state index in [4.69, 9.17) is 5.73 Å². The van der Waals surface area contributed by atoms with Crippen LogP contribution in [0.15, 0.2) is 24.3 Å². The molecule has 0 saturated carbocycles. The molecule has 1 aliphatic rings. The minimum Gasteiger partial charge on any atom is -0.366 e. The van der Waals surface area contributed by atoms with Crippen LogP contribution in [-0.4, -0.2) is 10.9 Å². The standard InChI is InChI=1S/C14H14N2O/c15-14(17)11-6-5-10-7-9-3-1-2-4-12(9)16-13(10)8-11/h5-8H,1-4H2,(H2,15,17). The number of fused-ring (bicyclic) bond motifs is 2. The van der Waals surface area contributed by atoms with Crippen LogP contribution < -0.4 is 5.73 Å². The molecule has 0 bridgehead atoms. The van der Waals surface area contributed by atoms with E-state index in [-0.39, 0.29) is 0 Å². The molecule has 1 heterocycles. The van der Waals surface area contributed by atoms with Crippen molar-refractivity contribution in [3.8, 4) is 0 Å². The van der Waals surface area contributed by atoms with E-state index >= 15 is 0 Å². The molecule has 1 aromatic heterocycles. The first-order valence-corrected chi connectivity index (χ1v) is 5.96. The van der Waals surface area contributed by atoms with Crippen LogP contribution in [0.5, 0.6) is 0 Å². The first kappa shape index (κ1) is 10.3. The number of nitrogens with zero attached hydrogens (tertiary/aromatic N) is 1. The molecule has 0 fully saturated rings. The molecule has 3 heteroatoms. The number of amides is 1. The molecule has 0 aliphatic heterocycles. The molecule has 0 unspecified atom stereocenters. The van der Waals surface area contributed by atoms with Crippen LogP contribution in [0.4, 0.5) is 0 Å². The molecule has 3 nitrogen and oxygen atoms in total.